The lowest BCUT2D eigenvalue weighted by Gasteiger charge is -2.14. The van der Waals surface area contributed by atoms with Crippen molar-refractivity contribution in [2.75, 3.05) is 18.5 Å². The van der Waals surface area contributed by atoms with E-state index >= 15 is 0 Å². The monoisotopic (exact) mass is 388 g/mol. The molecular weight excluding hydrogens is 368 g/mol. The Morgan fingerprint density at radius 2 is 1.96 bits per heavy atom. The molecule has 1 atom stereocenters. The molecule has 4 aromatic rings. The van der Waals surface area contributed by atoms with Crippen molar-refractivity contribution >= 4 is 27.4 Å². The summed E-state index contributed by atoms with van der Waals surface area (Å²) < 4.78 is 5.78. The molecule has 140 valence electrons. The van der Waals surface area contributed by atoms with Crippen LogP contribution >= 0.6 is 11.3 Å². The Morgan fingerprint density at radius 3 is 2.75 bits per heavy atom. The van der Waals surface area contributed by atoms with Gasteiger partial charge in [-0.1, -0.05) is 30.3 Å². The van der Waals surface area contributed by atoms with E-state index in [2.05, 4.69) is 39.9 Å². The SMILES string of the molecule is c1ccc(-c2csc3nc(-c4cccnc4)nc(NC[C@@H]4CCCO4)c23)cc1. The quantitative estimate of drug-likeness (QED) is 0.521. The van der Waals surface area contributed by atoms with E-state index in [1.54, 1.807) is 23.7 Å². The van der Waals surface area contributed by atoms with E-state index < -0.39 is 0 Å². The van der Waals surface area contributed by atoms with E-state index in [0.29, 0.717) is 5.82 Å². The first-order valence-electron chi connectivity index (χ1n) is 9.49. The van der Waals surface area contributed by atoms with Crippen LogP contribution in [0.3, 0.4) is 0 Å². The van der Waals surface area contributed by atoms with Crippen LogP contribution in [0, 0.1) is 0 Å². The number of pyridine rings is 1. The van der Waals surface area contributed by atoms with Crippen LogP contribution in [0.4, 0.5) is 5.82 Å². The first kappa shape index (κ1) is 17.3. The van der Waals surface area contributed by atoms with Gasteiger partial charge < -0.3 is 10.1 Å². The molecule has 1 N–H and O–H groups in total. The minimum atomic E-state index is 0.241. The van der Waals surface area contributed by atoms with Crippen molar-refractivity contribution < 1.29 is 4.74 Å². The lowest BCUT2D eigenvalue weighted by atomic mass is 10.1. The fourth-order valence-electron chi connectivity index (χ4n) is 3.54. The molecule has 1 aromatic carbocycles. The number of anilines is 1. The summed E-state index contributed by atoms with van der Waals surface area (Å²) in [6.45, 7) is 1.60. The van der Waals surface area contributed by atoms with Crippen LogP contribution in [-0.2, 0) is 4.74 Å². The van der Waals surface area contributed by atoms with E-state index in [9.17, 15) is 0 Å². The Kier molecular flexibility index (Phi) is 4.72. The van der Waals surface area contributed by atoms with Gasteiger partial charge in [0.2, 0.25) is 0 Å². The summed E-state index contributed by atoms with van der Waals surface area (Å²) in [4.78, 5) is 14.9. The Balaban J connectivity index is 1.61. The highest BCUT2D eigenvalue weighted by Crippen LogP contribution is 2.38. The molecule has 0 saturated carbocycles. The Morgan fingerprint density at radius 1 is 1.07 bits per heavy atom. The van der Waals surface area contributed by atoms with E-state index in [-0.39, 0.29) is 6.10 Å². The predicted octanol–water partition coefficient (Wildman–Crippen LogP) is 5.01. The summed E-state index contributed by atoms with van der Waals surface area (Å²) in [6.07, 6.45) is 6.02. The summed E-state index contributed by atoms with van der Waals surface area (Å²) in [5.74, 6) is 1.55. The van der Waals surface area contributed by atoms with Crippen LogP contribution in [0.5, 0.6) is 0 Å². The molecule has 6 heteroatoms. The van der Waals surface area contributed by atoms with E-state index in [0.717, 1.165) is 53.2 Å². The van der Waals surface area contributed by atoms with Gasteiger partial charge in [0.1, 0.15) is 10.6 Å². The molecule has 0 bridgehead atoms. The van der Waals surface area contributed by atoms with E-state index in [4.69, 9.17) is 14.7 Å². The summed E-state index contributed by atoms with van der Waals surface area (Å²) in [6, 6.07) is 14.3. The fraction of sp³-hybridized carbons (Fsp3) is 0.227. The number of hydrogen-bond donors (Lipinski definition) is 1. The normalized spacial score (nSPS) is 16.5. The average Bonchev–Trinajstić information content (AvgIpc) is 3.43. The zero-order valence-corrected chi connectivity index (χ0v) is 16.2. The molecule has 0 amide bonds. The zero-order chi connectivity index (χ0) is 18.8. The maximum Gasteiger partial charge on any atom is 0.164 e. The minimum Gasteiger partial charge on any atom is -0.376 e. The third-order valence-electron chi connectivity index (χ3n) is 4.96. The van der Waals surface area contributed by atoms with Crippen molar-refractivity contribution in [3.8, 4) is 22.5 Å². The van der Waals surface area contributed by atoms with Crippen LogP contribution in [-0.4, -0.2) is 34.2 Å². The largest absolute Gasteiger partial charge is 0.376 e. The van der Waals surface area contributed by atoms with Gasteiger partial charge in [0.05, 0.1) is 11.5 Å². The van der Waals surface area contributed by atoms with E-state index in [1.807, 2.05) is 18.2 Å². The van der Waals surface area contributed by atoms with Crippen LogP contribution in [0.15, 0.2) is 60.2 Å². The van der Waals surface area contributed by atoms with Crippen LogP contribution in [0.25, 0.3) is 32.7 Å². The molecule has 3 aromatic heterocycles. The standard InChI is InChI=1S/C22H20N4OS/c1-2-6-15(7-3-1)18-14-28-22-19(18)21(24-13-17-9-5-11-27-17)25-20(26-22)16-8-4-10-23-12-16/h1-4,6-8,10,12,14,17H,5,9,11,13H2,(H,24,25,26)/t17-/m0/s1. The highest BCUT2D eigenvalue weighted by atomic mass is 32.1. The zero-order valence-electron chi connectivity index (χ0n) is 15.3. The lowest BCUT2D eigenvalue weighted by molar-refractivity contribution is 0.120. The maximum atomic E-state index is 5.78. The van der Waals surface area contributed by atoms with Crippen molar-refractivity contribution in [2.45, 2.75) is 18.9 Å². The maximum absolute atomic E-state index is 5.78. The molecule has 0 spiro atoms. The van der Waals surface area contributed by atoms with Gasteiger partial charge >= 0.3 is 0 Å². The molecule has 5 nitrogen and oxygen atoms in total. The number of fused-ring (bicyclic) bond motifs is 1. The molecule has 0 aliphatic carbocycles. The molecule has 0 radical (unpaired) electrons. The summed E-state index contributed by atoms with van der Waals surface area (Å²) in [5, 5.41) is 6.78. The van der Waals surface area contributed by atoms with E-state index in [1.165, 1.54) is 5.56 Å². The number of benzene rings is 1. The Bertz CT molecular complexity index is 1080. The van der Waals surface area contributed by atoms with Crippen LogP contribution in [0.1, 0.15) is 12.8 Å². The molecular formula is C22H20N4OS. The van der Waals surface area contributed by atoms with Crippen molar-refractivity contribution in [3.63, 3.8) is 0 Å². The predicted molar refractivity (Wildman–Crippen MR) is 114 cm³/mol. The third-order valence-corrected chi connectivity index (χ3v) is 5.83. The highest BCUT2D eigenvalue weighted by Gasteiger charge is 2.19. The molecule has 1 saturated heterocycles. The second kappa shape index (κ2) is 7.66. The van der Waals surface area contributed by atoms with Crippen molar-refractivity contribution in [1.82, 2.24) is 15.0 Å². The smallest absolute Gasteiger partial charge is 0.164 e. The first-order valence-corrected chi connectivity index (χ1v) is 10.4. The summed E-state index contributed by atoms with van der Waals surface area (Å²) >= 11 is 1.65. The number of nitrogens with zero attached hydrogens (tertiary/aromatic N) is 3. The molecule has 28 heavy (non-hydrogen) atoms. The summed E-state index contributed by atoms with van der Waals surface area (Å²) in [7, 11) is 0. The number of aromatic nitrogens is 3. The fourth-order valence-corrected chi connectivity index (χ4v) is 4.49. The topological polar surface area (TPSA) is 59.9 Å². The van der Waals surface area contributed by atoms with Gasteiger partial charge in [0, 0.05) is 42.1 Å². The number of rotatable bonds is 5. The molecule has 1 aliphatic heterocycles. The number of thiophene rings is 1. The van der Waals surface area contributed by atoms with Crippen molar-refractivity contribution in [3.05, 3.63) is 60.2 Å². The molecule has 1 aliphatic rings. The lowest BCUT2D eigenvalue weighted by Crippen LogP contribution is -2.19. The Labute approximate surface area is 167 Å². The van der Waals surface area contributed by atoms with Gasteiger partial charge in [-0.25, -0.2) is 9.97 Å². The summed E-state index contributed by atoms with van der Waals surface area (Å²) in [5.41, 5.74) is 3.25. The average molecular weight is 388 g/mol. The Hall–Kier alpha value is -2.83. The second-order valence-electron chi connectivity index (χ2n) is 6.85. The van der Waals surface area contributed by atoms with Crippen LogP contribution < -0.4 is 5.32 Å². The van der Waals surface area contributed by atoms with Crippen molar-refractivity contribution in [2.24, 2.45) is 0 Å². The minimum absolute atomic E-state index is 0.241. The van der Waals surface area contributed by atoms with Gasteiger partial charge in [-0.15, -0.1) is 11.3 Å². The molecule has 0 unspecified atom stereocenters. The van der Waals surface area contributed by atoms with Gasteiger partial charge in [-0.05, 0) is 30.5 Å². The third kappa shape index (κ3) is 3.37. The molecule has 5 rings (SSSR count). The van der Waals surface area contributed by atoms with Crippen molar-refractivity contribution in [1.29, 1.82) is 0 Å². The number of ether oxygens (including phenoxy) is 1. The number of hydrogen-bond acceptors (Lipinski definition) is 6. The highest BCUT2D eigenvalue weighted by molar-refractivity contribution is 7.17. The van der Waals surface area contributed by atoms with Gasteiger partial charge in [0.15, 0.2) is 5.82 Å². The second-order valence-corrected chi connectivity index (χ2v) is 7.71. The molecule has 1 fully saturated rings. The number of nitrogens with one attached hydrogen (secondary N) is 1. The van der Waals surface area contributed by atoms with Crippen LogP contribution in [0.2, 0.25) is 0 Å². The first-order chi connectivity index (χ1) is 13.9. The van der Waals surface area contributed by atoms with Gasteiger partial charge in [-0.2, -0.15) is 0 Å². The van der Waals surface area contributed by atoms with Gasteiger partial charge in [0.25, 0.3) is 0 Å². The van der Waals surface area contributed by atoms with Gasteiger partial charge in [-0.3, -0.25) is 4.98 Å². The molecule has 4 heterocycles.